The van der Waals surface area contributed by atoms with Crippen LogP contribution in [-0.2, 0) is 0 Å². The van der Waals surface area contributed by atoms with Crippen molar-refractivity contribution in [3.63, 3.8) is 0 Å². The van der Waals surface area contributed by atoms with E-state index in [0.29, 0.717) is 11.0 Å². The summed E-state index contributed by atoms with van der Waals surface area (Å²) in [5.41, 5.74) is 0.731. The normalized spacial score (nSPS) is 11.1. The van der Waals surface area contributed by atoms with E-state index < -0.39 is 11.5 Å². The van der Waals surface area contributed by atoms with Crippen molar-refractivity contribution in [2.45, 2.75) is 0 Å². The van der Waals surface area contributed by atoms with Crippen LogP contribution < -0.4 is 5.63 Å². The van der Waals surface area contributed by atoms with E-state index in [2.05, 4.69) is 0 Å². The fourth-order valence-corrected chi connectivity index (χ4v) is 2.66. The summed E-state index contributed by atoms with van der Waals surface area (Å²) >= 11 is 0. The summed E-state index contributed by atoms with van der Waals surface area (Å²) in [5, 5.41) is 9.95. The highest BCUT2D eigenvalue weighted by Crippen LogP contribution is 2.14. The smallest absolute Gasteiger partial charge is 0.349 e. The molecule has 5 nitrogen and oxygen atoms in total. The van der Waals surface area contributed by atoms with Gasteiger partial charge in [0.1, 0.15) is 11.1 Å². The number of fused-ring (bicyclic) bond motifs is 1. The summed E-state index contributed by atoms with van der Waals surface area (Å²) in [6.45, 7) is 0.217. The van der Waals surface area contributed by atoms with Crippen molar-refractivity contribution in [2.24, 2.45) is 0 Å². The number of rotatable bonds is 6. The molecule has 0 bridgehead atoms. The van der Waals surface area contributed by atoms with Gasteiger partial charge in [-0.3, -0.25) is 4.79 Å². The van der Waals surface area contributed by atoms with Gasteiger partial charge in [0.15, 0.2) is 0 Å². The van der Waals surface area contributed by atoms with Crippen LogP contribution in [0.5, 0.6) is 0 Å². The molecular weight excluding hydrogens is 330 g/mol. The molecule has 1 aromatic heterocycles. The molecule has 0 spiro atoms. The summed E-state index contributed by atoms with van der Waals surface area (Å²) in [5.74, 6) is -0.462. The Hall–Kier alpha value is -3.18. The van der Waals surface area contributed by atoms with E-state index in [1.54, 1.807) is 18.2 Å². The number of nitrogens with zero attached hydrogens (tertiary/aromatic N) is 1. The molecule has 0 aliphatic rings. The number of aliphatic hydroxyl groups excluding tert-OH is 1. The number of carbonyl (C=O) groups excluding carboxylic acids is 1. The van der Waals surface area contributed by atoms with Gasteiger partial charge in [0.05, 0.1) is 6.61 Å². The Morgan fingerprint density at radius 1 is 1.08 bits per heavy atom. The van der Waals surface area contributed by atoms with E-state index in [1.807, 2.05) is 48.6 Å². The van der Waals surface area contributed by atoms with Gasteiger partial charge in [-0.05, 0) is 17.7 Å². The van der Waals surface area contributed by atoms with Crippen LogP contribution in [0.25, 0.3) is 17.0 Å². The van der Waals surface area contributed by atoms with Crippen molar-refractivity contribution < 1.29 is 14.3 Å². The molecule has 2 aromatic carbocycles. The van der Waals surface area contributed by atoms with Crippen molar-refractivity contribution >= 4 is 23.0 Å². The molecule has 0 atom stereocenters. The lowest BCUT2D eigenvalue weighted by Crippen LogP contribution is -2.36. The van der Waals surface area contributed by atoms with Gasteiger partial charge in [-0.25, -0.2) is 4.79 Å². The average molecular weight is 349 g/mol. The molecule has 0 aliphatic heterocycles. The highest BCUT2D eigenvalue weighted by atomic mass is 16.4. The molecule has 0 unspecified atom stereocenters. The minimum absolute atomic E-state index is 0.0368. The van der Waals surface area contributed by atoms with Crippen molar-refractivity contribution in [1.82, 2.24) is 4.90 Å². The highest BCUT2D eigenvalue weighted by molar-refractivity contribution is 5.96. The van der Waals surface area contributed by atoms with Crippen LogP contribution in [0.3, 0.4) is 0 Å². The van der Waals surface area contributed by atoms with Crippen molar-refractivity contribution in [3.8, 4) is 0 Å². The molecule has 0 aliphatic carbocycles. The Kier molecular flexibility index (Phi) is 5.61. The van der Waals surface area contributed by atoms with Gasteiger partial charge >= 0.3 is 5.63 Å². The third kappa shape index (κ3) is 4.07. The first-order chi connectivity index (χ1) is 12.7. The molecule has 0 saturated heterocycles. The zero-order valence-corrected chi connectivity index (χ0v) is 14.2. The van der Waals surface area contributed by atoms with Crippen LogP contribution in [0, 0.1) is 0 Å². The first kappa shape index (κ1) is 17.6. The number of amides is 1. The van der Waals surface area contributed by atoms with E-state index in [9.17, 15) is 14.7 Å². The van der Waals surface area contributed by atoms with E-state index in [1.165, 1.54) is 11.0 Å². The predicted molar refractivity (Wildman–Crippen MR) is 101 cm³/mol. The maximum atomic E-state index is 12.8. The average Bonchev–Trinajstić information content (AvgIpc) is 2.67. The Balaban J connectivity index is 1.83. The Bertz CT molecular complexity index is 976. The second-order valence-electron chi connectivity index (χ2n) is 5.77. The molecule has 5 heteroatoms. The third-order valence-electron chi connectivity index (χ3n) is 3.96. The fraction of sp³-hybridized carbons (Fsp3) is 0.143. The minimum atomic E-state index is -0.677. The van der Waals surface area contributed by atoms with Crippen LogP contribution in [0.15, 0.2) is 76.0 Å². The van der Waals surface area contributed by atoms with Crippen LogP contribution in [0.1, 0.15) is 15.9 Å². The van der Waals surface area contributed by atoms with Gasteiger partial charge in [0.2, 0.25) is 0 Å². The maximum absolute atomic E-state index is 12.8. The second kappa shape index (κ2) is 8.27. The van der Waals surface area contributed by atoms with Crippen molar-refractivity contribution in [3.05, 3.63) is 88.3 Å². The molecule has 26 heavy (non-hydrogen) atoms. The van der Waals surface area contributed by atoms with Crippen LogP contribution in [0.4, 0.5) is 0 Å². The number of hydrogen-bond acceptors (Lipinski definition) is 4. The molecular formula is C21H19NO4. The van der Waals surface area contributed by atoms with Gasteiger partial charge in [-0.2, -0.15) is 0 Å². The molecule has 132 valence electrons. The quantitative estimate of drug-likeness (QED) is 0.695. The summed E-state index contributed by atoms with van der Waals surface area (Å²) < 4.78 is 5.23. The third-order valence-corrected chi connectivity index (χ3v) is 3.96. The fourth-order valence-electron chi connectivity index (χ4n) is 2.66. The Labute approximate surface area is 150 Å². The summed E-state index contributed by atoms with van der Waals surface area (Å²) in [7, 11) is 0. The summed E-state index contributed by atoms with van der Waals surface area (Å²) in [6, 6.07) is 18.3. The summed E-state index contributed by atoms with van der Waals surface area (Å²) in [6.07, 6.45) is 3.71. The molecule has 0 fully saturated rings. The molecule has 1 N–H and O–H groups in total. The van der Waals surface area contributed by atoms with E-state index in [4.69, 9.17) is 4.42 Å². The second-order valence-corrected chi connectivity index (χ2v) is 5.77. The molecule has 3 aromatic rings. The van der Waals surface area contributed by atoms with E-state index in [0.717, 1.165) is 5.56 Å². The topological polar surface area (TPSA) is 70.8 Å². The first-order valence-electron chi connectivity index (χ1n) is 8.33. The lowest BCUT2D eigenvalue weighted by atomic mass is 10.1. The van der Waals surface area contributed by atoms with Gasteiger partial charge in [-0.1, -0.05) is 60.7 Å². The SMILES string of the molecule is O=C(c1cc2ccccc2oc1=O)N(CC=Cc1ccccc1)CCO. The lowest BCUT2D eigenvalue weighted by molar-refractivity contribution is 0.0739. The zero-order valence-electron chi connectivity index (χ0n) is 14.2. The maximum Gasteiger partial charge on any atom is 0.349 e. The molecule has 0 radical (unpaired) electrons. The van der Waals surface area contributed by atoms with Gasteiger partial charge in [-0.15, -0.1) is 0 Å². The number of benzene rings is 2. The minimum Gasteiger partial charge on any atom is -0.422 e. The monoisotopic (exact) mass is 349 g/mol. The van der Waals surface area contributed by atoms with Gasteiger partial charge < -0.3 is 14.4 Å². The lowest BCUT2D eigenvalue weighted by Gasteiger charge is -2.19. The Morgan fingerprint density at radius 3 is 2.58 bits per heavy atom. The highest BCUT2D eigenvalue weighted by Gasteiger charge is 2.19. The first-order valence-corrected chi connectivity index (χ1v) is 8.33. The predicted octanol–water partition coefficient (Wildman–Crippen LogP) is 2.94. The van der Waals surface area contributed by atoms with Gasteiger partial charge in [0.25, 0.3) is 5.91 Å². The van der Waals surface area contributed by atoms with E-state index in [-0.39, 0.29) is 25.3 Å². The van der Waals surface area contributed by atoms with Crippen molar-refractivity contribution in [2.75, 3.05) is 19.7 Å². The van der Waals surface area contributed by atoms with Crippen molar-refractivity contribution in [1.29, 1.82) is 0 Å². The largest absolute Gasteiger partial charge is 0.422 e. The zero-order chi connectivity index (χ0) is 18.4. The summed E-state index contributed by atoms with van der Waals surface area (Å²) in [4.78, 5) is 26.4. The number of para-hydroxylation sites is 1. The molecule has 1 amide bonds. The number of carbonyl (C=O) groups is 1. The number of hydrogen-bond donors (Lipinski definition) is 1. The van der Waals surface area contributed by atoms with Gasteiger partial charge in [0, 0.05) is 18.5 Å². The molecule has 1 heterocycles. The van der Waals surface area contributed by atoms with Crippen LogP contribution >= 0.6 is 0 Å². The number of aliphatic hydroxyl groups is 1. The molecule has 3 rings (SSSR count). The van der Waals surface area contributed by atoms with Crippen LogP contribution in [-0.4, -0.2) is 35.6 Å². The van der Waals surface area contributed by atoms with Crippen LogP contribution in [0.2, 0.25) is 0 Å². The standard InChI is InChI=1S/C21H19NO4/c23-14-13-22(12-6-9-16-7-2-1-3-8-16)20(24)18-15-17-10-4-5-11-19(17)26-21(18)25/h1-11,15,23H,12-14H2. The molecule has 0 saturated carbocycles. The van der Waals surface area contributed by atoms with E-state index >= 15 is 0 Å². The Morgan fingerprint density at radius 2 is 1.81 bits per heavy atom.